The molecule has 0 spiro atoms. The van der Waals surface area contributed by atoms with E-state index in [4.69, 9.17) is 11.5 Å². The Bertz CT molecular complexity index is 458. The van der Waals surface area contributed by atoms with E-state index < -0.39 is 10.0 Å². The van der Waals surface area contributed by atoms with Crippen LogP contribution in [-0.4, -0.2) is 32.5 Å². The van der Waals surface area contributed by atoms with E-state index >= 15 is 0 Å². The average molecular weight is 324 g/mol. The fourth-order valence-corrected chi connectivity index (χ4v) is 1.94. The molecule has 0 aliphatic carbocycles. The van der Waals surface area contributed by atoms with Crippen LogP contribution in [0.15, 0.2) is 34.4 Å². The molecule has 0 atom stereocenters. The first-order chi connectivity index (χ1) is 7.52. The van der Waals surface area contributed by atoms with E-state index in [1.54, 1.807) is 6.07 Å². The maximum Gasteiger partial charge on any atom is 0.242 e. The second-order valence-electron chi connectivity index (χ2n) is 2.89. The zero-order valence-corrected chi connectivity index (χ0v) is 11.4. The number of rotatable bonds is 5. The minimum absolute atomic E-state index is 0. The summed E-state index contributed by atoms with van der Waals surface area (Å²) in [5, 5.41) is 0. The molecule has 0 unspecified atom stereocenters. The summed E-state index contributed by atoms with van der Waals surface area (Å²) in [6.07, 6.45) is 2.77. The molecule has 1 heterocycles. The number of nitrogens with one attached hydrogen (secondary N) is 1. The SMILES string of the molecule is Br.NC(N)=NCCNS(=O)(=O)c1cccnc1. The predicted octanol–water partition coefficient (Wildman–Crippen LogP) is -0.789. The van der Waals surface area contributed by atoms with Crippen LogP contribution in [0.2, 0.25) is 0 Å². The second kappa shape index (κ2) is 7.20. The van der Waals surface area contributed by atoms with Crippen molar-refractivity contribution in [2.75, 3.05) is 13.1 Å². The number of hydrogen-bond acceptors (Lipinski definition) is 4. The molecular weight excluding hydrogens is 310 g/mol. The van der Waals surface area contributed by atoms with Gasteiger partial charge in [0, 0.05) is 18.9 Å². The summed E-state index contributed by atoms with van der Waals surface area (Å²) in [6.45, 7) is 0.330. The van der Waals surface area contributed by atoms with Gasteiger partial charge in [-0.05, 0) is 12.1 Å². The normalized spacial score (nSPS) is 10.4. The Morgan fingerprint density at radius 3 is 2.71 bits per heavy atom. The molecule has 17 heavy (non-hydrogen) atoms. The molecule has 0 fully saturated rings. The molecule has 96 valence electrons. The van der Waals surface area contributed by atoms with Gasteiger partial charge in [0.1, 0.15) is 4.90 Å². The van der Waals surface area contributed by atoms with Crippen LogP contribution in [0.5, 0.6) is 0 Å². The van der Waals surface area contributed by atoms with Crippen LogP contribution in [0.3, 0.4) is 0 Å². The number of pyridine rings is 1. The Hall–Kier alpha value is -1.19. The zero-order chi connectivity index (χ0) is 12.0. The minimum atomic E-state index is -3.52. The van der Waals surface area contributed by atoms with Gasteiger partial charge in [-0.3, -0.25) is 9.98 Å². The van der Waals surface area contributed by atoms with Gasteiger partial charge in [-0.1, -0.05) is 0 Å². The fourth-order valence-electron chi connectivity index (χ4n) is 0.954. The number of hydrogen-bond donors (Lipinski definition) is 3. The molecule has 7 nitrogen and oxygen atoms in total. The lowest BCUT2D eigenvalue weighted by Crippen LogP contribution is -2.28. The third-order valence-corrected chi connectivity index (χ3v) is 3.09. The van der Waals surface area contributed by atoms with Crippen LogP contribution in [0.25, 0.3) is 0 Å². The number of guanidine groups is 1. The van der Waals surface area contributed by atoms with Gasteiger partial charge in [-0.2, -0.15) is 0 Å². The first-order valence-electron chi connectivity index (χ1n) is 4.47. The van der Waals surface area contributed by atoms with Crippen molar-refractivity contribution in [3.8, 4) is 0 Å². The highest BCUT2D eigenvalue weighted by molar-refractivity contribution is 8.93. The van der Waals surface area contributed by atoms with Crippen molar-refractivity contribution in [3.05, 3.63) is 24.5 Å². The van der Waals surface area contributed by atoms with Gasteiger partial charge in [0.05, 0.1) is 6.54 Å². The summed E-state index contributed by atoms with van der Waals surface area (Å²) in [6, 6.07) is 3.00. The summed E-state index contributed by atoms with van der Waals surface area (Å²) in [7, 11) is -3.52. The number of halogens is 1. The van der Waals surface area contributed by atoms with Crippen molar-refractivity contribution in [3.63, 3.8) is 0 Å². The van der Waals surface area contributed by atoms with Crippen LogP contribution in [-0.2, 0) is 10.0 Å². The third-order valence-electron chi connectivity index (χ3n) is 1.64. The summed E-state index contributed by atoms with van der Waals surface area (Å²) in [5.41, 5.74) is 10.2. The van der Waals surface area contributed by atoms with Gasteiger partial charge in [0.2, 0.25) is 10.0 Å². The van der Waals surface area contributed by atoms with E-state index in [9.17, 15) is 8.42 Å². The number of nitrogens with two attached hydrogens (primary N) is 2. The van der Waals surface area contributed by atoms with Crippen LogP contribution in [0.1, 0.15) is 0 Å². The predicted molar refractivity (Wildman–Crippen MR) is 70.4 cm³/mol. The minimum Gasteiger partial charge on any atom is -0.370 e. The molecule has 0 saturated heterocycles. The number of aromatic nitrogens is 1. The Morgan fingerprint density at radius 2 is 2.18 bits per heavy atom. The van der Waals surface area contributed by atoms with Crippen LogP contribution < -0.4 is 16.2 Å². The summed E-state index contributed by atoms with van der Waals surface area (Å²) < 4.78 is 25.6. The number of nitrogens with zero attached hydrogens (tertiary/aromatic N) is 2. The molecule has 0 amide bonds. The van der Waals surface area contributed by atoms with Gasteiger partial charge in [0.25, 0.3) is 0 Å². The monoisotopic (exact) mass is 323 g/mol. The lowest BCUT2D eigenvalue weighted by Gasteiger charge is -2.04. The molecule has 0 aliphatic rings. The molecule has 5 N–H and O–H groups in total. The van der Waals surface area contributed by atoms with Gasteiger partial charge >= 0.3 is 0 Å². The largest absolute Gasteiger partial charge is 0.370 e. The lowest BCUT2D eigenvalue weighted by atomic mass is 10.5. The first kappa shape index (κ1) is 15.8. The van der Waals surface area contributed by atoms with E-state index in [0.29, 0.717) is 0 Å². The quantitative estimate of drug-likeness (QED) is 0.372. The van der Waals surface area contributed by atoms with E-state index in [1.165, 1.54) is 18.5 Å². The standard InChI is InChI=1S/C8H13N5O2S.BrH/c9-8(10)12-4-5-13-16(14,15)7-2-1-3-11-6-7;/h1-3,6,13H,4-5H2,(H4,9,10,12);1H. The molecule has 1 rings (SSSR count). The van der Waals surface area contributed by atoms with Gasteiger partial charge in [0.15, 0.2) is 5.96 Å². The van der Waals surface area contributed by atoms with Crippen molar-refractivity contribution in [2.24, 2.45) is 16.5 Å². The molecular formula is C8H14BrN5O2S. The molecule has 1 aromatic rings. The average Bonchev–Trinajstić information content (AvgIpc) is 2.26. The number of aliphatic imine (C=N–C) groups is 1. The first-order valence-corrected chi connectivity index (χ1v) is 5.96. The second-order valence-corrected chi connectivity index (χ2v) is 4.66. The van der Waals surface area contributed by atoms with Crippen molar-refractivity contribution >= 4 is 33.0 Å². The van der Waals surface area contributed by atoms with Crippen LogP contribution >= 0.6 is 17.0 Å². The van der Waals surface area contributed by atoms with Crippen LogP contribution in [0.4, 0.5) is 0 Å². The van der Waals surface area contributed by atoms with Gasteiger partial charge in [-0.15, -0.1) is 17.0 Å². The number of sulfonamides is 1. The summed E-state index contributed by atoms with van der Waals surface area (Å²) >= 11 is 0. The fraction of sp³-hybridized carbons (Fsp3) is 0.250. The maximum absolute atomic E-state index is 11.6. The van der Waals surface area contributed by atoms with Gasteiger partial charge in [-0.25, -0.2) is 13.1 Å². The Morgan fingerprint density at radius 1 is 1.47 bits per heavy atom. The highest BCUT2D eigenvalue weighted by atomic mass is 79.9. The summed E-state index contributed by atoms with van der Waals surface area (Å²) in [4.78, 5) is 7.48. The molecule has 0 aromatic carbocycles. The molecule has 1 aromatic heterocycles. The molecule has 0 saturated carbocycles. The van der Waals surface area contributed by atoms with E-state index in [1.807, 2.05) is 0 Å². The highest BCUT2D eigenvalue weighted by Crippen LogP contribution is 2.04. The third kappa shape index (κ3) is 5.61. The Balaban J connectivity index is 0.00000256. The molecule has 9 heteroatoms. The summed E-state index contributed by atoms with van der Waals surface area (Å²) in [5.74, 6) is -0.0689. The van der Waals surface area contributed by atoms with Crippen molar-refractivity contribution < 1.29 is 8.42 Å². The van der Waals surface area contributed by atoms with Gasteiger partial charge < -0.3 is 11.5 Å². The smallest absolute Gasteiger partial charge is 0.242 e. The lowest BCUT2D eigenvalue weighted by molar-refractivity contribution is 0.582. The van der Waals surface area contributed by atoms with E-state index in [-0.39, 0.29) is 40.9 Å². The van der Waals surface area contributed by atoms with E-state index in [2.05, 4.69) is 14.7 Å². The van der Waals surface area contributed by atoms with Crippen molar-refractivity contribution in [1.29, 1.82) is 0 Å². The van der Waals surface area contributed by atoms with Crippen molar-refractivity contribution in [1.82, 2.24) is 9.71 Å². The van der Waals surface area contributed by atoms with Crippen LogP contribution in [0, 0.1) is 0 Å². The Labute approximate surface area is 110 Å². The molecule has 0 aliphatic heterocycles. The Kier molecular flexibility index (Phi) is 6.69. The topological polar surface area (TPSA) is 123 Å². The van der Waals surface area contributed by atoms with Crippen molar-refractivity contribution in [2.45, 2.75) is 4.90 Å². The molecule has 0 radical (unpaired) electrons. The highest BCUT2D eigenvalue weighted by Gasteiger charge is 2.12. The molecule has 0 bridgehead atoms. The van der Waals surface area contributed by atoms with E-state index in [0.717, 1.165) is 0 Å². The maximum atomic E-state index is 11.6. The zero-order valence-electron chi connectivity index (χ0n) is 8.91.